The van der Waals surface area contributed by atoms with E-state index in [-0.39, 0.29) is 0 Å². The quantitative estimate of drug-likeness (QED) is 0.712. The molecule has 4 rings (SSSR count). The molecule has 3 atom stereocenters. The van der Waals surface area contributed by atoms with Crippen molar-refractivity contribution in [2.75, 3.05) is 6.54 Å². The highest BCUT2D eigenvalue weighted by atomic mass is 35.5. The van der Waals surface area contributed by atoms with Gasteiger partial charge >= 0.3 is 0 Å². The summed E-state index contributed by atoms with van der Waals surface area (Å²) in [5, 5.41) is 0.843. The van der Waals surface area contributed by atoms with Crippen molar-refractivity contribution in [3.63, 3.8) is 0 Å². The summed E-state index contributed by atoms with van der Waals surface area (Å²) >= 11 is 6.65. The van der Waals surface area contributed by atoms with Crippen LogP contribution in [-0.4, -0.2) is 28.4 Å². The van der Waals surface area contributed by atoms with Crippen LogP contribution in [0.5, 0.6) is 0 Å². The fourth-order valence-electron chi connectivity index (χ4n) is 4.90. The number of hydrogen-bond acceptors (Lipinski definition) is 2. The Morgan fingerprint density at radius 1 is 1.11 bits per heavy atom. The van der Waals surface area contributed by atoms with Gasteiger partial charge in [-0.15, -0.1) is 0 Å². The Kier molecular flexibility index (Phi) is 5.49. The first-order chi connectivity index (χ1) is 13.1. The molecule has 4 heteroatoms. The molecule has 1 saturated heterocycles. The molecule has 142 valence electrons. The molecule has 3 nitrogen and oxygen atoms in total. The maximum absolute atomic E-state index is 12.2. The molecule has 27 heavy (non-hydrogen) atoms. The first-order valence-corrected chi connectivity index (χ1v) is 10.5. The van der Waals surface area contributed by atoms with Crippen LogP contribution < -0.4 is 0 Å². The van der Waals surface area contributed by atoms with Gasteiger partial charge in [-0.05, 0) is 72.4 Å². The fraction of sp³-hybridized carbons (Fsp3) is 0.478. The zero-order chi connectivity index (χ0) is 18.8. The van der Waals surface area contributed by atoms with E-state index >= 15 is 0 Å². The number of carbonyl (C=O) groups is 1. The van der Waals surface area contributed by atoms with E-state index in [4.69, 9.17) is 11.6 Å². The second-order valence-electron chi connectivity index (χ2n) is 8.05. The number of halogens is 1. The van der Waals surface area contributed by atoms with E-state index in [1.807, 2.05) is 12.1 Å². The molecule has 1 amide bonds. The van der Waals surface area contributed by atoms with Crippen LogP contribution in [0.2, 0.25) is 5.02 Å². The van der Waals surface area contributed by atoms with Gasteiger partial charge in [0.25, 0.3) is 0 Å². The summed E-state index contributed by atoms with van der Waals surface area (Å²) in [6, 6.07) is 10.8. The van der Waals surface area contributed by atoms with Crippen molar-refractivity contribution in [1.29, 1.82) is 0 Å². The van der Waals surface area contributed by atoms with E-state index in [2.05, 4.69) is 35.0 Å². The molecule has 1 aliphatic heterocycles. The zero-order valence-electron chi connectivity index (χ0n) is 15.9. The lowest BCUT2D eigenvalue weighted by Crippen LogP contribution is -2.45. The van der Waals surface area contributed by atoms with Crippen molar-refractivity contribution < 1.29 is 4.79 Å². The summed E-state index contributed by atoms with van der Waals surface area (Å²) in [6.45, 7) is 3.28. The summed E-state index contributed by atoms with van der Waals surface area (Å²) in [6.07, 6.45) is 9.94. The zero-order valence-corrected chi connectivity index (χ0v) is 16.7. The largest absolute Gasteiger partial charge is 0.339 e. The van der Waals surface area contributed by atoms with Gasteiger partial charge in [0.05, 0.1) is 0 Å². The molecule has 2 aromatic rings. The number of aromatic nitrogens is 1. The summed E-state index contributed by atoms with van der Waals surface area (Å²) in [5.41, 5.74) is 3.49. The van der Waals surface area contributed by atoms with Crippen molar-refractivity contribution in [2.45, 2.75) is 51.5 Å². The number of carbonyl (C=O) groups excluding carboxylic acids is 1. The Hall–Kier alpha value is -1.87. The van der Waals surface area contributed by atoms with Gasteiger partial charge in [-0.25, -0.2) is 0 Å². The number of likely N-dealkylation sites (tertiary alicyclic amines) is 1. The maximum Gasteiger partial charge on any atom is 0.222 e. The van der Waals surface area contributed by atoms with Crippen molar-refractivity contribution >= 4 is 17.5 Å². The van der Waals surface area contributed by atoms with Crippen molar-refractivity contribution in [2.24, 2.45) is 11.8 Å². The normalized spacial score (nSPS) is 25.8. The lowest BCUT2D eigenvalue weighted by atomic mass is 9.73. The number of amides is 1. The second kappa shape index (κ2) is 8.02. The smallest absolute Gasteiger partial charge is 0.222 e. The molecule has 2 fully saturated rings. The van der Waals surface area contributed by atoms with Crippen molar-refractivity contribution in [3.05, 3.63) is 53.3 Å². The summed E-state index contributed by atoms with van der Waals surface area (Å²) < 4.78 is 0. The molecule has 0 N–H and O–H groups in total. The topological polar surface area (TPSA) is 33.2 Å². The number of pyridine rings is 1. The Labute approximate surface area is 166 Å². The van der Waals surface area contributed by atoms with Crippen molar-refractivity contribution in [3.8, 4) is 11.1 Å². The SMILES string of the molecule is CC1C(Cc2ccc(-c3ccncc3)cc2Cl)CCCC1N1CCCC1=O. The van der Waals surface area contributed by atoms with Gasteiger partial charge in [0, 0.05) is 36.4 Å². The Bertz CT molecular complexity index is 807. The monoisotopic (exact) mass is 382 g/mol. The number of nitrogens with zero attached hydrogens (tertiary/aromatic N) is 2. The molecule has 1 aliphatic carbocycles. The van der Waals surface area contributed by atoms with Crippen LogP contribution in [0.15, 0.2) is 42.7 Å². The average molecular weight is 383 g/mol. The van der Waals surface area contributed by atoms with E-state index in [0.29, 0.717) is 23.8 Å². The van der Waals surface area contributed by atoms with E-state index in [1.165, 1.54) is 18.4 Å². The highest BCUT2D eigenvalue weighted by Crippen LogP contribution is 2.38. The van der Waals surface area contributed by atoms with E-state index in [0.717, 1.165) is 48.4 Å². The van der Waals surface area contributed by atoms with Gasteiger partial charge in [-0.1, -0.05) is 37.1 Å². The lowest BCUT2D eigenvalue weighted by Gasteiger charge is -2.41. The standard InChI is InChI=1S/C23H27ClN2O/c1-16-18(4-2-5-22(16)26-13-3-6-23(26)27)14-20-8-7-19(15-21(20)24)17-9-11-25-12-10-17/h7-12,15-16,18,22H,2-6,13-14H2,1H3. The fourth-order valence-corrected chi connectivity index (χ4v) is 5.15. The molecule has 0 spiro atoms. The van der Waals surface area contributed by atoms with Gasteiger partial charge in [0.2, 0.25) is 5.91 Å². The summed E-state index contributed by atoms with van der Waals surface area (Å²) in [4.78, 5) is 18.4. The summed E-state index contributed by atoms with van der Waals surface area (Å²) in [7, 11) is 0. The predicted molar refractivity (Wildman–Crippen MR) is 110 cm³/mol. The number of hydrogen-bond donors (Lipinski definition) is 0. The number of benzene rings is 1. The minimum atomic E-state index is 0.354. The molecule has 2 aliphatic rings. The van der Waals surface area contributed by atoms with Gasteiger partial charge in [-0.3, -0.25) is 9.78 Å². The molecular weight excluding hydrogens is 356 g/mol. The molecule has 0 bridgehead atoms. The minimum Gasteiger partial charge on any atom is -0.339 e. The van der Waals surface area contributed by atoms with Crippen LogP contribution in [-0.2, 0) is 11.2 Å². The maximum atomic E-state index is 12.2. The Morgan fingerprint density at radius 3 is 2.63 bits per heavy atom. The second-order valence-corrected chi connectivity index (χ2v) is 8.46. The lowest BCUT2D eigenvalue weighted by molar-refractivity contribution is -0.131. The highest BCUT2D eigenvalue weighted by molar-refractivity contribution is 6.31. The first-order valence-electron chi connectivity index (χ1n) is 10.1. The van der Waals surface area contributed by atoms with Crippen LogP contribution in [0.1, 0.15) is 44.6 Å². The predicted octanol–water partition coefficient (Wildman–Crippen LogP) is 5.37. The van der Waals surface area contributed by atoms with Crippen LogP contribution >= 0.6 is 11.6 Å². The highest BCUT2D eigenvalue weighted by Gasteiger charge is 2.37. The van der Waals surface area contributed by atoms with Crippen LogP contribution in [0.3, 0.4) is 0 Å². The van der Waals surface area contributed by atoms with Crippen LogP contribution in [0, 0.1) is 11.8 Å². The molecule has 3 unspecified atom stereocenters. The molecular formula is C23H27ClN2O. The third kappa shape index (κ3) is 3.89. The van der Waals surface area contributed by atoms with Crippen molar-refractivity contribution in [1.82, 2.24) is 9.88 Å². The minimum absolute atomic E-state index is 0.354. The summed E-state index contributed by atoms with van der Waals surface area (Å²) in [5.74, 6) is 1.46. The van der Waals surface area contributed by atoms with E-state index in [1.54, 1.807) is 12.4 Å². The molecule has 2 heterocycles. The van der Waals surface area contributed by atoms with Gasteiger partial charge in [0.1, 0.15) is 0 Å². The molecule has 1 saturated carbocycles. The van der Waals surface area contributed by atoms with E-state index < -0.39 is 0 Å². The molecule has 1 aromatic heterocycles. The van der Waals surface area contributed by atoms with Gasteiger partial charge in [-0.2, -0.15) is 0 Å². The Morgan fingerprint density at radius 2 is 1.93 bits per heavy atom. The first kappa shape index (κ1) is 18.5. The third-order valence-corrected chi connectivity index (χ3v) is 6.84. The molecule has 1 aromatic carbocycles. The van der Waals surface area contributed by atoms with Gasteiger partial charge < -0.3 is 4.90 Å². The third-order valence-electron chi connectivity index (χ3n) is 6.48. The average Bonchev–Trinajstić information content (AvgIpc) is 3.11. The van der Waals surface area contributed by atoms with Gasteiger partial charge in [0.15, 0.2) is 0 Å². The van der Waals surface area contributed by atoms with Crippen LogP contribution in [0.4, 0.5) is 0 Å². The number of rotatable bonds is 4. The van der Waals surface area contributed by atoms with Crippen LogP contribution in [0.25, 0.3) is 11.1 Å². The molecule has 0 radical (unpaired) electrons. The Balaban J connectivity index is 1.49. The van der Waals surface area contributed by atoms with E-state index in [9.17, 15) is 4.79 Å².